The lowest BCUT2D eigenvalue weighted by Gasteiger charge is -2.23. The molecule has 1 heterocycles. The molecule has 0 aliphatic carbocycles. The fourth-order valence-corrected chi connectivity index (χ4v) is 1.54. The molecule has 0 saturated heterocycles. The Morgan fingerprint density at radius 2 is 2.00 bits per heavy atom. The molecule has 0 amide bonds. The first kappa shape index (κ1) is 11.6. The zero-order valence-electron chi connectivity index (χ0n) is 9.11. The maximum absolute atomic E-state index is 12.4. The Morgan fingerprint density at radius 3 is 2.59 bits per heavy atom. The minimum absolute atomic E-state index is 0.239. The highest BCUT2D eigenvalue weighted by molar-refractivity contribution is 5.53. The van der Waals surface area contributed by atoms with Crippen molar-refractivity contribution in [2.24, 2.45) is 0 Å². The SMILES string of the molecule is COc1cccc(N2C=CN(C(F)(F)F)C2)c1. The van der Waals surface area contributed by atoms with Gasteiger partial charge in [-0.2, -0.15) is 13.2 Å². The normalized spacial score (nSPS) is 15.5. The lowest BCUT2D eigenvalue weighted by Crippen LogP contribution is -2.36. The quantitative estimate of drug-likeness (QED) is 0.744. The number of hydrogen-bond donors (Lipinski definition) is 0. The first-order chi connectivity index (χ1) is 8.00. The molecule has 0 aromatic heterocycles. The van der Waals surface area contributed by atoms with E-state index < -0.39 is 6.30 Å². The summed E-state index contributed by atoms with van der Waals surface area (Å²) in [6, 6.07) is 6.89. The van der Waals surface area contributed by atoms with Gasteiger partial charge >= 0.3 is 6.30 Å². The molecule has 6 heteroatoms. The van der Waals surface area contributed by atoms with Gasteiger partial charge in [0, 0.05) is 24.2 Å². The number of hydrogen-bond acceptors (Lipinski definition) is 3. The summed E-state index contributed by atoms with van der Waals surface area (Å²) in [5.41, 5.74) is 0.660. The molecule has 92 valence electrons. The summed E-state index contributed by atoms with van der Waals surface area (Å²) in [5.74, 6) is 0.612. The van der Waals surface area contributed by atoms with Gasteiger partial charge in [-0.15, -0.1) is 0 Å². The number of alkyl halides is 3. The minimum atomic E-state index is -4.34. The van der Waals surface area contributed by atoms with Crippen LogP contribution in [0, 0.1) is 0 Å². The van der Waals surface area contributed by atoms with Crippen molar-refractivity contribution in [1.29, 1.82) is 0 Å². The van der Waals surface area contributed by atoms with Gasteiger partial charge in [-0.3, -0.25) is 4.90 Å². The number of benzene rings is 1. The Bertz CT molecular complexity index is 431. The van der Waals surface area contributed by atoms with E-state index in [0.29, 0.717) is 16.3 Å². The van der Waals surface area contributed by atoms with Crippen molar-refractivity contribution in [2.45, 2.75) is 6.30 Å². The first-order valence-corrected chi connectivity index (χ1v) is 4.93. The molecule has 1 aromatic rings. The summed E-state index contributed by atoms with van der Waals surface area (Å²) in [6.07, 6.45) is -1.94. The van der Waals surface area contributed by atoms with Gasteiger partial charge in [0.2, 0.25) is 0 Å². The molecule has 1 aromatic carbocycles. The standard InChI is InChI=1S/C11H11F3N2O/c1-17-10-4-2-3-9(7-10)15-5-6-16(8-15)11(12,13)14/h2-7H,8H2,1H3. The Kier molecular flexibility index (Phi) is 2.87. The average Bonchev–Trinajstić information content (AvgIpc) is 2.78. The van der Waals surface area contributed by atoms with Crippen LogP contribution in [0.1, 0.15) is 0 Å². The Morgan fingerprint density at radius 1 is 1.24 bits per heavy atom. The van der Waals surface area contributed by atoms with Crippen LogP contribution in [0.25, 0.3) is 0 Å². The minimum Gasteiger partial charge on any atom is -0.497 e. The predicted octanol–water partition coefficient (Wildman–Crippen LogP) is 2.77. The number of ether oxygens (including phenoxy) is 1. The lowest BCUT2D eigenvalue weighted by molar-refractivity contribution is -0.224. The van der Waals surface area contributed by atoms with Crippen LogP contribution in [0.15, 0.2) is 36.7 Å². The smallest absolute Gasteiger partial charge is 0.485 e. The Labute approximate surface area is 96.7 Å². The van der Waals surface area contributed by atoms with E-state index in [4.69, 9.17) is 4.74 Å². The van der Waals surface area contributed by atoms with Crippen LogP contribution < -0.4 is 9.64 Å². The van der Waals surface area contributed by atoms with Crippen molar-refractivity contribution in [3.05, 3.63) is 36.7 Å². The summed E-state index contributed by atoms with van der Waals surface area (Å²) in [7, 11) is 1.51. The van der Waals surface area contributed by atoms with Gasteiger partial charge in [0.25, 0.3) is 0 Å². The fraction of sp³-hybridized carbons (Fsp3) is 0.273. The van der Waals surface area contributed by atoms with Crippen molar-refractivity contribution < 1.29 is 17.9 Å². The van der Waals surface area contributed by atoms with E-state index in [1.165, 1.54) is 18.2 Å². The van der Waals surface area contributed by atoms with Gasteiger partial charge in [0.1, 0.15) is 12.4 Å². The van der Waals surface area contributed by atoms with E-state index >= 15 is 0 Å². The van der Waals surface area contributed by atoms with Crippen molar-refractivity contribution in [1.82, 2.24) is 4.90 Å². The zero-order valence-corrected chi connectivity index (χ0v) is 9.11. The van der Waals surface area contributed by atoms with Crippen LogP contribution >= 0.6 is 0 Å². The molecule has 0 saturated carbocycles. The lowest BCUT2D eigenvalue weighted by atomic mass is 10.3. The molecule has 0 unspecified atom stereocenters. The van der Waals surface area contributed by atoms with E-state index in [1.807, 2.05) is 0 Å². The number of methoxy groups -OCH3 is 1. The zero-order chi connectivity index (χ0) is 12.5. The second-order valence-corrected chi connectivity index (χ2v) is 3.55. The molecule has 0 bridgehead atoms. The largest absolute Gasteiger partial charge is 0.497 e. The van der Waals surface area contributed by atoms with E-state index in [2.05, 4.69) is 0 Å². The fourth-order valence-electron chi connectivity index (χ4n) is 1.54. The van der Waals surface area contributed by atoms with Gasteiger partial charge in [0.05, 0.1) is 7.11 Å². The summed E-state index contributed by atoms with van der Waals surface area (Å²) >= 11 is 0. The van der Waals surface area contributed by atoms with Crippen LogP contribution in [0.5, 0.6) is 5.75 Å². The predicted molar refractivity (Wildman–Crippen MR) is 57.4 cm³/mol. The summed E-state index contributed by atoms with van der Waals surface area (Å²) < 4.78 is 42.3. The molecule has 1 aliphatic rings. The molecule has 0 N–H and O–H groups in total. The summed E-state index contributed by atoms with van der Waals surface area (Å²) in [4.78, 5) is 1.81. The molecule has 17 heavy (non-hydrogen) atoms. The van der Waals surface area contributed by atoms with E-state index in [9.17, 15) is 13.2 Å². The Hall–Kier alpha value is -1.85. The second kappa shape index (κ2) is 4.20. The number of halogens is 3. The van der Waals surface area contributed by atoms with Crippen LogP contribution in [0.2, 0.25) is 0 Å². The first-order valence-electron chi connectivity index (χ1n) is 4.93. The van der Waals surface area contributed by atoms with Gasteiger partial charge in [-0.05, 0) is 12.1 Å². The number of rotatable bonds is 2. The van der Waals surface area contributed by atoms with Crippen LogP contribution in [0.3, 0.4) is 0 Å². The van der Waals surface area contributed by atoms with E-state index in [1.54, 1.807) is 24.3 Å². The molecule has 1 aliphatic heterocycles. The average molecular weight is 244 g/mol. The van der Waals surface area contributed by atoms with Crippen LogP contribution in [0.4, 0.5) is 18.9 Å². The molecule has 0 fully saturated rings. The van der Waals surface area contributed by atoms with Gasteiger partial charge in [-0.25, -0.2) is 0 Å². The maximum Gasteiger partial charge on any atom is 0.485 e. The van der Waals surface area contributed by atoms with Crippen LogP contribution in [-0.2, 0) is 0 Å². The van der Waals surface area contributed by atoms with Gasteiger partial charge in [0.15, 0.2) is 0 Å². The van der Waals surface area contributed by atoms with Crippen LogP contribution in [-0.4, -0.2) is 25.0 Å². The molecule has 2 rings (SSSR count). The third kappa shape index (κ3) is 2.46. The molecule has 3 nitrogen and oxygen atoms in total. The highest BCUT2D eigenvalue weighted by Crippen LogP contribution is 2.29. The second-order valence-electron chi connectivity index (χ2n) is 3.55. The number of nitrogens with zero attached hydrogens (tertiary/aromatic N) is 2. The van der Waals surface area contributed by atoms with Gasteiger partial charge < -0.3 is 9.64 Å². The molecule has 0 radical (unpaired) electrons. The Balaban J connectivity index is 2.13. The number of anilines is 1. The van der Waals surface area contributed by atoms with Gasteiger partial charge in [-0.1, -0.05) is 6.07 Å². The van der Waals surface area contributed by atoms with Crippen molar-refractivity contribution >= 4 is 5.69 Å². The molecular formula is C11H11F3N2O. The highest BCUT2D eigenvalue weighted by atomic mass is 19.4. The third-order valence-corrected chi connectivity index (χ3v) is 2.44. The maximum atomic E-state index is 12.4. The van der Waals surface area contributed by atoms with Crippen molar-refractivity contribution in [2.75, 3.05) is 18.7 Å². The third-order valence-electron chi connectivity index (χ3n) is 2.44. The topological polar surface area (TPSA) is 15.7 Å². The van der Waals surface area contributed by atoms with E-state index in [-0.39, 0.29) is 6.67 Å². The van der Waals surface area contributed by atoms with E-state index in [0.717, 1.165) is 6.20 Å². The monoisotopic (exact) mass is 244 g/mol. The highest BCUT2D eigenvalue weighted by Gasteiger charge is 2.38. The molecule has 0 spiro atoms. The van der Waals surface area contributed by atoms with Crippen molar-refractivity contribution in [3.63, 3.8) is 0 Å². The van der Waals surface area contributed by atoms with Crippen molar-refractivity contribution in [3.8, 4) is 5.75 Å². The summed E-state index contributed by atoms with van der Waals surface area (Å²) in [5, 5.41) is 0. The summed E-state index contributed by atoms with van der Waals surface area (Å²) in [6.45, 7) is -0.239. The molecule has 0 atom stereocenters. The molecular weight excluding hydrogens is 233 g/mol.